The van der Waals surface area contributed by atoms with E-state index in [4.69, 9.17) is 4.74 Å². The van der Waals surface area contributed by atoms with Gasteiger partial charge in [-0.3, -0.25) is 14.4 Å². The van der Waals surface area contributed by atoms with Crippen molar-refractivity contribution in [2.75, 3.05) is 20.2 Å². The molecule has 5 atom stereocenters. The summed E-state index contributed by atoms with van der Waals surface area (Å²) < 4.78 is 5.75. The Morgan fingerprint density at radius 2 is 2.00 bits per heavy atom. The van der Waals surface area contributed by atoms with E-state index in [1.54, 1.807) is 31.9 Å². The lowest BCUT2D eigenvalue weighted by Gasteiger charge is -2.33. The number of carbonyl (C=O) groups is 3. The number of amides is 3. The number of carbonyl (C=O) groups excluding carboxylic acids is 3. The molecule has 1 saturated heterocycles. The second-order valence-electron chi connectivity index (χ2n) is 9.29. The van der Waals surface area contributed by atoms with Crippen LogP contribution in [0.2, 0.25) is 0 Å². The van der Waals surface area contributed by atoms with Crippen molar-refractivity contribution in [2.45, 2.75) is 76.2 Å². The Morgan fingerprint density at radius 3 is 2.74 bits per heavy atom. The van der Waals surface area contributed by atoms with Gasteiger partial charge in [0, 0.05) is 6.54 Å². The van der Waals surface area contributed by atoms with Crippen LogP contribution in [0.4, 0.5) is 0 Å². The highest BCUT2D eigenvalue weighted by Gasteiger charge is 2.40. The van der Waals surface area contributed by atoms with Crippen molar-refractivity contribution < 1.29 is 19.1 Å². The van der Waals surface area contributed by atoms with E-state index in [1.807, 2.05) is 12.1 Å². The van der Waals surface area contributed by atoms with Crippen LogP contribution in [0, 0.1) is 0 Å². The number of fused-ring (bicyclic) bond motifs is 1. The summed E-state index contributed by atoms with van der Waals surface area (Å²) in [6.07, 6.45) is 5.24. The van der Waals surface area contributed by atoms with Gasteiger partial charge in [0.15, 0.2) is 0 Å². The third kappa shape index (κ3) is 6.60. The summed E-state index contributed by atoms with van der Waals surface area (Å²) in [4.78, 5) is 41.3. The first kappa shape index (κ1) is 26.7. The Bertz CT molecular complexity index is 958. The molecule has 8 nitrogen and oxygen atoms in total. The van der Waals surface area contributed by atoms with Gasteiger partial charge in [0.05, 0.1) is 24.8 Å². The number of ether oxygens (including phenoxy) is 1. The SMILES string of the molecule is C=C=CCO[C@H](C)[C@H](NC(=O)[C@H](C)NC)C(=O)N1CCC[C@H]1C(=O)N[C@@H]1CCCc2ccccc21. The number of benzene rings is 1. The monoisotopic (exact) mass is 482 g/mol. The van der Waals surface area contributed by atoms with Gasteiger partial charge in [0.25, 0.3) is 0 Å². The van der Waals surface area contributed by atoms with E-state index in [0.29, 0.717) is 13.0 Å². The second kappa shape index (κ2) is 12.7. The highest BCUT2D eigenvalue weighted by molar-refractivity contribution is 5.94. The topological polar surface area (TPSA) is 99.8 Å². The van der Waals surface area contributed by atoms with Crippen molar-refractivity contribution in [3.8, 4) is 0 Å². The highest BCUT2D eigenvalue weighted by atomic mass is 16.5. The Labute approximate surface area is 208 Å². The lowest BCUT2D eigenvalue weighted by Crippen LogP contribution is -2.59. The summed E-state index contributed by atoms with van der Waals surface area (Å²) >= 11 is 0. The van der Waals surface area contributed by atoms with Crippen LogP contribution in [0.15, 0.2) is 42.7 Å². The second-order valence-corrected chi connectivity index (χ2v) is 9.29. The summed E-state index contributed by atoms with van der Waals surface area (Å²) in [7, 11) is 1.68. The standard InChI is InChI=1S/C27H38N4O4/c1-5-6-17-35-19(3)24(30-25(32)18(2)28-4)27(34)31-16-10-15-23(31)26(33)29-22-14-9-12-20-11-7-8-13-21(20)22/h6-8,11,13,18-19,22-24,28H,1,9-10,12,14-17H2,2-4H3,(H,29,33)(H,30,32)/t18-,19+,22+,23-,24-/m0/s1. The van der Waals surface area contributed by atoms with Crippen LogP contribution in [-0.4, -0.2) is 67.1 Å². The number of hydrogen-bond donors (Lipinski definition) is 3. The molecule has 3 rings (SSSR count). The number of likely N-dealkylation sites (tertiary alicyclic amines) is 1. The molecule has 8 heteroatoms. The lowest BCUT2D eigenvalue weighted by atomic mass is 9.87. The number of aryl methyl sites for hydroxylation is 1. The fourth-order valence-corrected chi connectivity index (χ4v) is 4.80. The van der Waals surface area contributed by atoms with Gasteiger partial charge in [-0.1, -0.05) is 30.8 Å². The summed E-state index contributed by atoms with van der Waals surface area (Å²) in [5, 5.41) is 8.91. The molecule has 1 heterocycles. The van der Waals surface area contributed by atoms with Crippen LogP contribution in [0.25, 0.3) is 0 Å². The van der Waals surface area contributed by atoms with Crippen LogP contribution in [0.1, 0.15) is 56.7 Å². The quantitative estimate of drug-likeness (QED) is 0.443. The molecular formula is C27H38N4O4. The molecule has 1 aromatic rings. The molecule has 1 aliphatic carbocycles. The van der Waals surface area contributed by atoms with Gasteiger partial charge in [-0.2, -0.15) is 0 Å². The Morgan fingerprint density at radius 1 is 1.23 bits per heavy atom. The van der Waals surface area contributed by atoms with Crippen LogP contribution in [-0.2, 0) is 25.5 Å². The van der Waals surface area contributed by atoms with Crippen molar-refractivity contribution in [3.63, 3.8) is 0 Å². The summed E-state index contributed by atoms with van der Waals surface area (Å²) in [5.74, 6) is -0.757. The maximum Gasteiger partial charge on any atom is 0.248 e. The van der Waals surface area contributed by atoms with Gasteiger partial charge in [0.2, 0.25) is 17.7 Å². The minimum Gasteiger partial charge on any atom is -0.371 e. The maximum atomic E-state index is 13.7. The van der Waals surface area contributed by atoms with Crippen molar-refractivity contribution in [1.82, 2.24) is 20.9 Å². The third-order valence-corrected chi connectivity index (χ3v) is 6.97. The van der Waals surface area contributed by atoms with E-state index in [9.17, 15) is 14.4 Å². The van der Waals surface area contributed by atoms with Gasteiger partial charge in [-0.15, -0.1) is 5.73 Å². The molecule has 1 aliphatic heterocycles. The van der Waals surface area contributed by atoms with E-state index < -0.39 is 24.2 Å². The molecule has 0 radical (unpaired) electrons. The van der Waals surface area contributed by atoms with Gasteiger partial charge in [0.1, 0.15) is 12.1 Å². The average molecular weight is 483 g/mol. The Balaban J connectivity index is 1.74. The third-order valence-electron chi connectivity index (χ3n) is 6.97. The van der Waals surface area contributed by atoms with Crippen LogP contribution >= 0.6 is 0 Å². The molecule has 1 fully saturated rings. The van der Waals surface area contributed by atoms with E-state index in [-0.39, 0.29) is 30.4 Å². The van der Waals surface area contributed by atoms with Crippen LogP contribution in [0.5, 0.6) is 0 Å². The number of hydrogen-bond acceptors (Lipinski definition) is 5. The molecule has 3 amide bonds. The predicted molar refractivity (Wildman–Crippen MR) is 135 cm³/mol. The summed E-state index contributed by atoms with van der Waals surface area (Å²) in [5.41, 5.74) is 5.06. The molecule has 190 valence electrons. The number of likely N-dealkylation sites (N-methyl/N-ethyl adjacent to an activating group) is 1. The minimum absolute atomic E-state index is 0.0510. The zero-order chi connectivity index (χ0) is 25.4. The van der Waals surface area contributed by atoms with E-state index in [1.165, 1.54) is 5.56 Å². The molecule has 0 aromatic heterocycles. The first-order valence-electron chi connectivity index (χ1n) is 12.5. The molecule has 2 aliphatic rings. The molecular weight excluding hydrogens is 444 g/mol. The lowest BCUT2D eigenvalue weighted by molar-refractivity contribution is -0.145. The Hall–Kier alpha value is -2.93. The normalized spacial score (nSPS) is 21.7. The highest BCUT2D eigenvalue weighted by Crippen LogP contribution is 2.30. The van der Waals surface area contributed by atoms with Gasteiger partial charge in [-0.05, 0) is 70.2 Å². The molecule has 35 heavy (non-hydrogen) atoms. The molecule has 0 unspecified atom stereocenters. The van der Waals surface area contributed by atoms with E-state index in [2.05, 4.69) is 40.4 Å². The summed E-state index contributed by atoms with van der Waals surface area (Å²) in [6.45, 7) is 7.66. The summed E-state index contributed by atoms with van der Waals surface area (Å²) in [6, 6.07) is 6.19. The van der Waals surface area contributed by atoms with E-state index in [0.717, 1.165) is 31.2 Å². The largest absolute Gasteiger partial charge is 0.371 e. The average Bonchev–Trinajstić information content (AvgIpc) is 3.37. The number of nitrogens with one attached hydrogen (secondary N) is 3. The van der Waals surface area contributed by atoms with Gasteiger partial charge < -0.3 is 25.6 Å². The molecule has 0 spiro atoms. The van der Waals surface area contributed by atoms with Crippen molar-refractivity contribution >= 4 is 17.7 Å². The van der Waals surface area contributed by atoms with Crippen molar-refractivity contribution in [3.05, 3.63) is 53.8 Å². The zero-order valence-corrected chi connectivity index (χ0v) is 21.0. The number of rotatable bonds is 10. The first-order valence-corrected chi connectivity index (χ1v) is 12.5. The smallest absolute Gasteiger partial charge is 0.248 e. The Kier molecular flexibility index (Phi) is 9.66. The molecule has 1 aromatic carbocycles. The van der Waals surface area contributed by atoms with Gasteiger partial charge in [-0.25, -0.2) is 0 Å². The minimum atomic E-state index is -0.916. The van der Waals surface area contributed by atoms with Gasteiger partial charge >= 0.3 is 0 Å². The van der Waals surface area contributed by atoms with E-state index >= 15 is 0 Å². The maximum absolute atomic E-state index is 13.7. The first-order chi connectivity index (χ1) is 16.9. The zero-order valence-electron chi connectivity index (χ0n) is 21.0. The molecule has 0 bridgehead atoms. The van der Waals surface area contributed by atoms with Crippen molar-refractivity contribution in [1.29, 1.82) is 0 Å². The fourth-order valence-electron chi connectivity index (χ4n) is 4.80. The predicted octanol–water partition coefficient (Wildman–Crippen LogP) is 2.01. The molecule has 3 N–H and O–H groups in total. The fraction of sp³-hybridized carbons (Fsp3) is 0.556. The molecule has 0 saturated carbocycles. The van der Waals surface area contributed by atoms with Crippen molar-refractivity contribution in [2.24, 2.45) is 0 Å². The van der Waals surface area contributed by atoms with Crippen LogP contribution in [0.3, 0.4) is 0 Å². The number of nitrogens with zero attached hydrogens (tertiary/aromatic N) is 1. The van der Waals surface area contributed by atoms with Crippen LogP contribution < -0.4 is 16.0 Å².